The lowest BCUT2D eigenvalue weighted by atomic mass is 9.83. The molecule has 0 unspecified atom stereocenters. The predicted octanol–water partition coefficient (Wildman–Crippen LogP) is 3.18. The van der Waals surface area contributed by atoms with Gasteiger partial charge in [0, 0.05) is 10.8 Å². The third-order valence-corrected chi connectivity index (χ3v) is 4.45. The van der Waals surface area contributed by atoms with Gasteiger partial charge in [0.2, 0.25) is 0 Å². The maximum Gasteiger partial charge on any atom is 0.0668 e. The number of allylic oxidation sites excluding steroid dienone is 2. The number of nitrogens with zero attached hydrogens (tertiary/aromatic N) is 1. The quantitative estimate of drug-likeness (QED) is 0.640. The first-order valence-corrected chi connectivity index (χ1v) is 5.89. The van der Waals surface area contributed by atoms with Gasteiger partial charge in [-0.15, -0.1) is 11.3 Å². The standard InChI is InChI=1S/C12H11NS/c13-7-10-8-3-4-9(6-8)12(10)11-2-1-5-14-11/h1-5,8-10,12H,6H2/t8-,9+,10+,12-/m1/s1. The van der Waals surface area contributed by atoms with Crippen molar-refractivity contribution in [3.63, 3.8) is 0 Å². The Balaban J connectivity index is 2.01. The van der Waals surface area contributed by atoms with Gasteiger partial charge in [-0.1, -0.05) is 18.2 Å². The highest BCUT2D eigenvalue weighted by molar-refractivity contribution is 7.10. The van der Waals surface area contributed by atoms with Crippen LogP contribution in [0.5, 0.6) is 0 Å². The summed E-state index contributed by atoms with van der Waals surface area (Å²) in [6.07, 6.45) is 5.74. The fourth-order valence-electron chi connectivity index (χ4n) is 2.87. The molecule has 3 rings (SSSR count). The Labute approximate surface area is 87.7 Å². The van der Waals surface area contributed by atoms with Crippen molar-refractivity contribution in [3.05, 3.63) is 34.5 Å². The normalized spacial score (nSPS) is 38.8. The largest absolute Gasteiger partial charge is 0.198 e. The van der Waals surface area contributed by atoms with E-state index in [9.17, 15) is 5.26 Å². The molecule has 0 aromatic carbocycles. The van der Waals surface area contributed by atoms with Gasteiger partial charge >= 0.3 is 0 Å². The molecular weight excluding hydrogens is 190 g/mol. The molecule has 0 amide bonds. The van der Waals surface area contributed by atoms with E-state index < -0.39 is 0 Å². The molecule has 2 heteroatoms. The molecule has 2 bridgehead atoms. The van der Waals surface area contributed by atoms with Crippen LogP contribution >= 0.6 is 11.3 Å². The molecular formula is C12H11NS. The Morgan fingerprint density at radius 1 is 1.36 bits per heavy atom. The zero-order valence-electron chi connectivity index (χ0n) is 7.76. The Morgan fingerprint density at radius 3 is 2.93 bits per heavy atom. The summed E-state index contributed by atoms with van der Waals surface area (Å²) in [4.78, 5) is 1.40. The molecule has 2 aliphatic rings. The van der Waals surface area contributed by atoms with E-state index >= 15 is 0 Å². The van der Waals surface area contributed by atoms with Gasteiger partial charge in [-0.05, 0) is 29.7 Å². The monoisotopic (exact) mass is 201 g/mol. The van der Waals surface area contributed by atoms with Crippen LogP contribution in [-0.4, -0.2) is 0 Å². The first-order chi connectivity index (χ1) is 6.90. The van der Waals surface area contributed by atoms with Gasteiger partial charge in [-0.2, -0.15) is 5.26 Å². The third kappa shape index (κ3) is 0.994. The van der Waals surface area contributed by atoms with E-state index in [4.69, 9.17) is 0 Å². The van der Waals surface area contributed by atoms with E-state index in [1.165, 1.54) is 11.3 Å². The summed E-state index contributed by atoms with van der Waals surface area (Å²) in [6.45, 7) is 0. The van der Waals surface area contributed by atoms with Crippen LogP contribution < -0.4 is 0 Å². The SMILES string of the molecule is N#C[C@@H]1[C@H](c2cccs2)[C@H]2C=C[C@@H]1C2. The molecule has 2 aliphatic carbocycles. The number of hydrogen-bond acceptors (Lipinski definition) is 2. The highest BCUT2D eigenvalue weighted by Gasteiger charge is 2.45. The van der Waals surface area contributed by atoms with Gasteiger partial charge in [-0.25, -0.2) is 0 Å². The van der Waals surface area contributed by atoms with Crippen LogP contribution in [0.1, 0.15) is 17.2 Å². The van der Waals surface area contributed by atoms with Gasteiger partial charge < -0.3 is 0 Å². The van der Waals surface area contributed by atoms with Crippen molar-refractivity contribution in [2.75, 3.05) is 0 Å². The number of rotatable bonds is 1. The summed E-state index contributed by atoms with van der Waals surface area (Å²) < 4.78 is 0. The lowest BCUT2D eigenvalue weighted by Gasteiger charge is -2.21. The molecule has 1 fully saturated rings. The van der Waals surface area contributed by atoms with Crippen molar-refractivity contribution in [2.24, 2.45) is 17.8 Å². The maximum absolute atomic E-state index is 9.18. The average Bonchev–Trinajstić information content (AvgIpc) is 2.92. The highest BCUT2D eigenvalue weighted by atomic mass is 32.1. The fraction of sp³-hybridized carbons (Fsp3) is 0.417. The van der Waals surface area contributed by atoms with E-state index in [1.54, 1.807) is 11.3 Å². The summed E-state index contributed by atoms with van der Waals surface area (Å²) in [5, 5.41) is 11.3. The molecule has 1 aromatic heterocycles. The minimum absolute atomic E-state index is 0.226. The van der Waals surface area contributed by atoms with Crippen LogP contribution in [-0.2, 0) is 0 Å². The lowest BCUT2D eigenvalue weighted by molar-refractivity contribution is 0.495. The smallest absolute Gasteiger partial charge is 0.0668 e. The molecule has 1 heterocycles. The van der Waals surface area contributed by atoms with E-state index in [2.05, 4.69) is 35.7 Å². The van der Waals surface area contributed by atoms with Crippen LogP contribution in [0.15, 0.2) is 29.7 Å². The minimum Gasteiger partial charge on any atom is -0.198 e. The van der Waals surface area contributed by atoms with E-state index in [-0.39, 0.29) is 5.92 Å². The van der Waals surface area contributed by atoms with Crippen molar-refractivity contribution in [2.45, 2.75) is 12.3 Å². The number of hydrogen-bond donors (Lipinski definition) is 0. The Bertz CT molecular complexity index is 398. The van der Waals surface area contributed by atoms with Gasteiger partial charge in [0.15, 0.2) is 0 Å². The predicted molar refractivity (Wildman–Crippen MR) is 56.9 cm³/mol. The summed E-state index contributed by atoms with van der Waals surface area (Å²) >= 11 is 1.79. The topological polar surface area (TPSA) is 23.8 Å². The molecule has 0 spiro atoms. The van der Waals surface area contributed by atoms with Crippen molar-refractivity contribution < 1.29 is 0 Å². The van der Waals surface area contributed by atoms with E-state index in [0.29, 0.717) is 17.8 Å². The molecule has 0 saturated heterocycles. The second-order valence-electron chi connectivity index (χ2n) is 4.14. The van der Waals surface area contributed by atoms with E-state index in [1.807, 2.05) is 0 Å². The lowest BCUT2D eigenvalue weighted by Crippen LogP contribution is -2.14. The first kappa shape index (κ1) is 8.26. The summed E-state index contributed by atoms with van der Waals surface area (Å²) in [6, 6.07) is 6.75. The number of fused-ring (bicyclic) bond motifs is 2. The Morgan fingerprint density at radius 2 is 2.21 bits per heavy atom. The van der Waals surface area contributed by atoms with Crippen molar-refractivity contribution in [1.29, 1.82) is 5.26 Å². The van der Waals surface area contributed by atoms with Gasteiger partial charge in [-0.3, -0.25) is 0 Å². The average molecular weight is 201 g/mol. The van der Waals surface area contributed by atoms with Crippen molar-refractivity contribution in [1.82, 2.24) is 0 Å². The maximum atomic E-state index is 9.18. The summed E-state index contributed by atoms with van der Waals surface area (Å²) in [5.41, 5.74) is 0. The van der Waals surface area contributed by atoms with Crippen LogP contribution in [0, 0.1) is 29.1 Å². The molecule has 1 aromatic rings. The summed E-state index contributed by atoms with van der Waals surface area (Å²) in [7, 11) is 0. The van der Waals surface area contributed by atoms with Crippen LogP contribution in [0.4, 0.5) is 0 Å². The minimum atomic E-state index is 0.226. The van der Waals surface area contributed by atoms with E-state index in [0.717, 1.165) is 0 Å². The highest BCUT2D eigenvalue weighted by Crippen LogP contribution is 2.53. The second-order valence-corrected chi connectivity index (χ2v) is 5.12. The molecule has 0 aliphatic heterocycles. The molecule has 14 heavy (non-hydrogen) atoms. The second kappa shape index (κ2) is 2.96. The number of thiophene rings is 1. The Hall–Kier alpha value is -1.07. The van der Waals surface area contributed by atoms with Gasteiger partial charge in [0.1, 0.15) is 0 Å². The zero-order valence-corrected chi connectivity index (χ0v) is 8.58. The fourth-order valence-corrected chi connectivity index (χ4v) is 3.82. The van der Waals surface area contributed by atoms with Crippen molar-refractivity contribution >= 4 is 11.3 Å². The first-order valence-electron chi connectivity index (χ1n) is 5.01. The Kier molecular flexibility index (Phi) is 1.75. The molecule has 1 saturated carbocycles. The number of nitriles is 1. The van der Waals surface area contributed by atoms with Crippen LogP contribution in [0.3, 0.4) is 0 Å². The molecule has 4 atom stereocenters. The van der Waals surface area contributed by atoms with Crippen molar-refractivity contribution in [3.8, 4) is 6.07 Å². The van der Waals surface area contributed by atoms with Gasteiger partial charge in [0.05, 0.1) is 12.0 Å². The third-order valence-electron chi connectivity index (χ3n) is 3.48. The van der Waals surface area contributed by atoms with Crippen LogP contribution in [0.2, 0.25) is 0 Å². The molecule has 0 N–H and O–H groups in total. The molecule has 0 radical (unpaired) electrons. The van der Waals surface area contributed by atoms with Crippen LogP contribution in [0.25, 0.3) is 0 Å². The van der Waals surface area contributed by atoms with Gasteiger partial charge in [0.25, 0.3) is 0 Å². The molecule has 1 nitrogen and oxygen atoms in total. The molecule has 70 valence electrons. The summed E-state index contributed by atoms with van der Waals surface area (Å²) in [5.74, 6) is 1.86. The zero-order chi connectivity index (χ0) is 9.54.